The first-order valence-corrected chi connectivity index (χ1v) is 15.2. The summed E-state index contributed by atoms with van der Waals surface area (Å²) in [4.78, 5) is 18.6. The lowest BCUT2D eigenvalue weighted by atomic mass is 9.67. The molecule has 0 radical (unpaired) electrons. The zero-order valence-corrected chi connectivity index (χ0v) is 24.9. The van der Waals surface area contributed by atoms with Gasteiger partial charge in [-0.15, -0.1) is 0 Å². The molecule has 8 rings (SSSR count). The highest BCUT2D eigenvalue weighted by atomic mass is 16.7. The van der Waals surface area contributed by atoms with Gasteiger partial charge in [0.25, 0.3) is 0 Å². The normalized spacial score (nSPS) is 34.0. The largest absolute Gasteiger partial charge is 0.493 e. The second kappa shape index (κ2) is 9.82. The number of aliphatic hydroxyl groups is 1. The van der Waals surface area contributed by atoms with Crippen LogP contribution in [0.15, 0.2) is 48.6 Å². The predicted octanol–water partition coefficient (Wildman–Crippen LogP) is 3.25. The number of fused-ring (bicyclic) bond motifs is 2. The van der Waals surface area contributed by atoms with Crippen LogP contribution in [-0.4, -0.2) is 86.2 Å². The summed E-state index contributed by atoms with van der Waals surface area (Å²) in [5.74, 6) is 3.14. The molecule has 0 saturated carbocycles. The van der Waals surface area contributed by atoms with E-state index in [2.05, 4.69) is 40.2 Å². The first-order valence-electron chi connectivity index (χ1n) is 15.2. The maximum absolute atomic E-state index is 14.0. The summed E-state index contributed by atoms with van der Waals surface area (Å²) in [6.07, 6.45) is 9.68. The molecule has 0 bridgehead atoms. The molecule has 3 unspecified atom stereocenters. The molecule has 6 atom stereocenters. The number of hydrogen-bond donors (Lipinski definition) is 1. The molecule has 226 valence electrons. The SMILES string of the molecule is COc1ccc2c3c1OC1CC(O)C=CC31CCN(Cc1cc3c(cc1[C@@]14C=C[C@@H](OC)C[C@@H]1N(C)CC4=O)OCO3)C2. The van der Waals surface area contributed by atoms with Crippen molar-refractivity contribution in [2.75, 3.05) is 41.1 Å². The maximum atomic E-state index is 14.0. The number of rotatable bonds is 5. The molecular formula is C34H38N2O7. The molecule has 1 N–H and O–H groups in total. The number of likely N-dealkylation sites (N-methyl/N-ethyl adjacent to an activating group) is 1. The number of likely N-dealkylation sites (tertiary alicyclic amines) is 1. The zero-order valence-electron chi connectivity index (χ0n) is 24.9. The molecule has 1 spiro atoms. The van der Waals surface area contributed by atoms with Crippen molar-refractivity contribution in [3.8, 4) is 23.0 Å². The van der Waals surface area contributed by atoms with Gasteiger partial charge < -0.3 is 28.8 Å². The Bertz CT molecular complexity index is 1550. The van der Waals surface area contributed by atoms with E-state index in [1.807, 2.05) is 25.3 Å². The van der Waals surface area contributed by atoms with E-state index in [9.17, 15) is 9.90 Å². The molecule has 2 aromatic rings. The molecule has 2 aromatic carbocycles. The van der Waals surface area contributed by atoms with Crippen LogP contribution in [0.25, 0.3) is 0 Å². The number of carbonyl (C=O) groups is 1. The van der Waals surface area contributed by atoms with Crippen LogP contribution in [0, 0.1) is 0 Å². The Morgan fingerprint density at radius 3 is 2.72 bits per heavy atom. The molecule has 4 aliphatic heterocycles. The third kappa shape index (κ3) is 3.88. The van der Waals surface area contributed by atoms with Gasteiger partial charge in [-0.05, 0) is 54.8 Å². The molecule has 0 aromatic heterocycles. The van der Waals surface area contributed by atoms with E-state index in [4.69, 9.17) is 23.7 Å². The summed E-state index contributed by atoms with van der Waals surface area (Å²) in [6.45, 7) is 2.75. The van der Waals surface area contributed by atoms with E-state index in [1.54, 1.807) is 14.2 Å². The summed E-state index contributed by atoms with van der Waals surface area (Å²) in [5, 5.41) is 10.5. The first kappa shape index (κ1) is 27.2. The van der Waals surface area contributed by atoms with Crippen molar-refractivity contribution in [2.45, 2.75) is 67.5 Å². The maximum Gasteiger partial charge on any atom is 0.231 e. The third-order valence-electron chi connectivity index (χ3n) is 10.7. The highest BCUT2D eigenvalue weighted by Gasteiger charge is 2.56. The van der Waals surface area contributed by atoms with Crippen LogP contribution in [0.4, 0.5) is 0 Å². The smallest absolute Gasteiger partial charge is 0.231 e. The molecule has 9 nitrogen and oxygen atoms in total. The number of aliphatic hydroxyl groups excluding tert-OH is 1. The van der Waals surface area contributed by atoms with E-state index < -0.39 is 11.5 Å². The van der Waals surface area contributed by atoms with Crippen molar-refractivity contribution in [1.82, 2.24) is 9.80 Å². The highest BCUT2D eigenvalue weighted by molar-refractivity contribution is 5.98. The number of nitrogens with zero attached hydrogens (tertiary/aromatic N) is 2. The number of hydrogen-bond acceptors (Lipinski definition) is 9. The van der Waals surface area contributed by atoms with E-state index >= 15 is 0 Å². The second-order valence-electron chi connectivity index (χ2n) is 12.9. The van der Waals surface area contributed by atoms with Crippen LogP contribution in [0.1, 0.15) is 41.5 Å². The van der Waals surface area contributed by atoms with Crippen LogP contribution in [0.2, 0.25) is 0 Å². The molecule has 6 aliphatic rings. The average molecular weight is 587 g/mol. The minimum atomic E-state index is -0.780. The highest BCUT2D eigenvalue weighted by Crippen LogP contribution is 2.56. The van der Waals surface area contributed by atoms with Crippen LogP contribution < -0.4 is 18.9 Å². The molecular weight excluding hydrogens is 548 g/mol. The Labute approximate surface area is 251 Å². The van der Waals surface area contributed by atoms with Gasteiger partial charge in [0.2, 0.25) is 6.79 Å². The predicted molar refractivity (Wildman–Crippen MR) is 158 cm³/mol. The molecule has 0 amide bonds. The Balaban J connectivity index is 1.21. The van der Waals surface area contributed by atoms with Gasteiger partial charge in [-0.25, -0.2) is 0 Å². The summed E-state index contributed by atoms with van der Waals surface area (Å²) >= 11 is 0. The Kier molecular flexibility index (Phi) is 6.21. The van der Waals surface area contributed by atoms with Crippen molar-refractivity contribution in [3.05, 3.63) is 70.8 Å². The van der Waals surface area contributed by atoms with Gasteiger partial charge in [-0.2, -0.15) is 0 Å². The Morgan fingerprint density at radius 1 is 1.07 bits per heavy atom. The van der Waals surface area contributed by atoms with Gasteiger partial charge in [0.05, 0.1) is 36.7 Å². The van der Waals surface area contributed by atoms with Crippen LogP contribution in [-0.2, 0) is 33.5 Å². The van der Waals surface area contributed by atoms with Gasteiger partial charge in [-0.3, -0.25) is 14.6 Å². The number of Topliss-reactive ketones (excluding diaryl/α,β-unsaturated/α-hetero) is 1. The second-order valence-corrected chi connectivity index (χ2v) is 12.9. The van der Waals surface area contributed by atoms with Gasteiger partial charge >= 0.3 is 0 Å². The summed E-state index contributed by atoms with van der Waals surface area (Å²) in [6, 6.07) is 8.26. The van der Waals surface area contributed by atoms with Gasteiger partial charge in [0.1, 0.15) is 6.10 Å². The van der Waals surface area contributed by atoms with E-state index in [0.29, 0.717) is 25.3 Å². The van der Waals surface area contributed by atoms with Crippen molar-refractivity contribution < 1.29 is 33.6 Å². The summed E-state index contributed by atoms with van der Waals surface area (Å²) in [5.41, 5.74) is 3.35. The van der Waals surface area contributed by atoms with Gasteiger partial charge in [0, 0.05) is 44.8 Å². The number of ether oxygens (including phenoxy) is 5. The van der Waals surface area contributed by atoms with Gasteiger partial charge in [0.15, 0.2) is 28.8 Å². The van der Waals surface area contributed by atoms with Crippen molar-refractivity contribution in [3.63, 3.8) is 0 Å². The quantitative estimate of drug-likeness (QED) is 0.531. The Hall–Kier alpha value is -3.37. The molecule has 9 heteroatoms. The topological polar surface area (TPSA) is 89.9 Å². The fraction of sp³-hybridized carbons (Fsp3) is 0.500. The van der Waals surface area contributed by atoms with Crippen molar-refractivity contribution in [2.24, 2.45) is 0 Å². The van der Waals surface area contributed by atoms with Crippen molar-refractivity contribution >= 4 is 5.78 Å². The van der Waals surface area contributed by atoms with Crippen molar-refractivity contribution in [1.29, 1.82) is 0 Å². The Morgan fingerprint density at radius 2 is 1.91 bits per heavy atom. The molecule has 1 fully saturated rings. The number of methoxy groups -OCH3 is 2. The van der Waals surface area contributed by atoms with Crippen LogP contribution in [0.3, 0.4) is 0 Å². The van der Waals surface area contributed by atoms with E-state index in [-0.39, 0.29) is 36.2 Å². The lowest BCUT2D eigenvalue weighted by Gasteiger charge is -2.40. The summed E-state index contributed by atoms with van der Waals surface area (Å²) in [7, 11) is 5.43. The van der Waals surface area contributed by atoms with Crippen LogP contribution >= 0.6 is 0 Å². The zero-order chi connectivity index (χ0) is 29.5. The fourth-order valence-electron chi connectivity index (χ4n) is 8.59. The fourth-order valence-corrected chi connectivity index (χ4v) is 8.59. The first-order chi connectivity index (χ1) is 20.9. The van der Waals surface area contributed by atoms with Gasteiger partial charge in [-0.1, -0.05) is 30.4 Å². The minimum Gasteiger partial charge on any atom is -0.493 e. The summed E-state index contributed by atoms with van der Waals surface area (Å²) < 4.78 is 29.7. The monoisotopic (exact) mass is 586 g/mol. The lowest BCUT2D eigenvalue weighted by molar-refractivity contribution is -0.120. The number of ketones is 1. The third-order valence-corrected chi connectivity index (χ3v) is 10.7. The number of carbonyl (C=O) groups excluding carboxylic acids is 1. The lowest BCUT2D eigenvalue weighted by Crippen LogP contribution is -2.48. The molecule has 43 heavy (non-hydrogen) atoms. The van der Waals surface area contributed by atoms with E-state index in [1.165, 1.54) is 11.1 Å². The standard InChI is InChI=1S/C34H38N2O7/c1-35-18-29(38)34(9-7-23(39-2)14-28(34)35)24-15-27-26(41-19-42-27)12-21(24)17-36-11-10-33-8-6-22(37)13-30(33)43-32-25(40-3)5-4-20(16-36)31(32)33/h4-9,12,15,22-23,28,30,37H,10-11,13-14,16-19H2,1-3H3/t22?,23-,28+,30?,33?,34+/m1/s1. The average Bonchev–Trinajstić information content (AvgIpc) is 3.64. The van der Waals surface area contributed by atoms with Crippen LogP contribution in [0.5, 0.6) is 23.0 Å². The number of benzene rings is 2. The molecule has 2 aliphatic carbocycles. The molecule has 1 saturated heterocycles. The molecule has 4 heterocycles. The van der Waals surface area contributed by atoms with E-state index in [0.717, 1.165) is 54.3 Å². The minimum absolute atomic E-state index is 0.0143.